The van der Waals surface area contributed by atoms with Crippen LogP contribution in [0.5, 0.6) is 0 Å². The monoisotopic (exact) mass is 492 g/mol. The number of aliphatic carboxylic acids is 1. The third kappa shape index (κ3) is 4.75. The van der Waals surface area contributed by atoms with E-state index in [2.05, 4.69) is 6.92 Å². The molecule has 0 spiro atoms. The highest BCUT2D eigenvalue weighted by Gasteiger charge is 2.63. The van der Waals surface area contributed by atoms with Gasteiger partial charge in [0.05, 0.1) is 24.5 Å². The number of carbonyl (C=O) groups excluding carboxylic acids is 3. The summed E-state index contributed by atoms with van der Waals surface area (Å²) in [6.45, 7) is 13.8. The summed E-state index contributed by atoms with van der Waals surface area (Å²) in [4.78, 5) is 51.3. The lowest BCUT2D eigenvalue weighted by Crippen LogP contribution is -2.46. The Hall–Kier alpha value is -1.96. The van der Waals surface area contributed by atoms with Gasteiger partial charge in [-0.15, -0.1) is 0 Å². The van der Waals surface area contributed by atoms with E-state index in [-0.39, 0.29) is 59.3 Å². The van der Waals surface area contributed by atoms with Gasteiger partial charge in [0.25, 0.3) is 5.95 Å². The maximum Gasteiger partial charge on any atom is 0.310 e. The first-order chi connectivity index (χ1) is 15.7. The Labute approximate surface area is 203 Å². The molecule has 3 rings (SSSR count). The van der Waals surface area contributed by atoms with Crippen molar-refractivity contribution in [2.75, 3.05) is 6.61 Å². The number of Topliss-reactive ketones (excluding diaryl/α,β-unsaturated/α-hetero) is 2. The van der Waals surface area contributed by atoms with Crippen molar-refractivity contribution in [3.8, 4) is 0 Å². The van der Waals surface area contributed by atoms with Gasteiger partial charge in [0, 0.05) is 17.8 Å². The summed E-state index contributed by atoms with van der Waals surface area (Å²) in [6, 6.07) is 0. The summed E-state index contributed by atoms with van der Waals surface area (Å²) in [5, 5.41) is 9.94. The van der Waals surface area contributed by atoms with Crippen molar-refractivity contribution < 1.29 is 33.4 Å². The minimum absolute atomic E-state index is 0.00573. The number of hydrogen-bond acceptors (Lipinski definition) is 6. The minimum atomic E-state index is -1.94. The van der Waals surface area contributed by atoms with Crippen LogP contribution in [0.3, 0.4) is 0 Å². The van der Waals surface area contributed by atoms with Crippen molar-refractivity contribution in [2.24, 2.45) is 46.8 Å². The Kier molecular flexibility index (Phi) is 7.51. The quantitative estimate of drug-likeness (QED) is 0.207. The SMILES string of the molecule is CCO/C(=C\C(=O)C1CC2CC1C(C)C2C1C(=O)CC(=O)C1C(C)(CC)C(=O)O)O[Si](C)(C)C. The van der Waals surface area contributed by atoms with Crippen LogP contribution in [0.1, 0.15) is 53.4 Å². The zero-order valence-corrected chi connectivity index (χ0v) is 22.6. The molecular formula is C26H40O7Si. The highest BCUT2D eigenvalue weighted by atomic mass is 28.4. The van der Waals surface area contributed by atoms with Gasteiger partial charge in [-0.3, -0.25) is 19.2 Å². The third-order valence-corrected chi connectivity index (χ3v) is 9.36. The molecule has 0 heterocycles. The maximum atomic E-state index is 13.2. The largest absolute Gasteiger partial charge is 0.520 e. The fraction of sp³-hybridized carbons (Fsp3) is 0.769. The molecule has 7 nitrogen and oxygen atoms in total. The standard InChI is InChI=1S/C26H40O7Si/c1-8-26(4,25(30)31)24-20(29)12-19(28)23(24)22-14(3)16-10-15(22)11-17(16)18(27)13-21(32-9-2)33-34(5,6)7/h13-17,22-24H,8-12H2,1-7H3,(H,30,31)/b21-13+. The molecule has 8 atom stereocenters. The van der Waals surface area contributed by atoms with E-state index >= 15 is 0 Å². The van der Waals surface area contributed by atoms with E-state index in [9.17, 15) is 24.3 Å². The maximum absolute atomic E-state index is 13.2. The van der Waals surface area contributed by atoms with Crippen LogP contribution < -0.4 is 0 Å². The predicted octanol–water partition coefficient (Wildman–Crippen LogP) is 4.47. The number of fused-ring (bicyclic) bond motifs is 2. The first kappa shape index (κ1) is 26.6. The number of carboxylic acids is 1. The van der Waals surface area contributed by atoms with Crippen LogP contribution in [-0.4, -0.2) is 43.3 Å². The minimum Gasteiger partial charge on any atom is -0.520 e. The van der Waals surface area contributed by atoms with Gasteiger partial charge in [-0.1, -0.05) is 13.8 Å². The Morgan fingerprint density at radius 2 is 1.79 bits per heavy atom. The fourth-order valence-corrected chi connectivity index (χ4v) is 7.64. The molecule has 0 aliphatic heterocycles. The molecule has 0 aromatic heterocycles. The molecule has 8 heteroatoms. The molecule has 2 bridgehead atoms. The number of hydrogen-bond donors (Lipinski definition) is 1. The summed E-state index contributed by atoms with van der Waals surface area (Å²) in [5.41, 5.74) is -1.26. The second-order valence-corrected chi connectivity index (χ2v) is 16.1. The average molecular weight is 493 g/mol. The van der Waals surface area contributed by atoms with Gasteiger partial charge in [-0.05, 0) is 76.4 Å². The highest BCUT2D eigenvalue weighted by Crippen LogP contribution is 2.61. The second-order valence-electron chi connectivity index (χ2n) is 11.6. The van der Waals surface area contributed by atoms with Crippen molar-refractivity contribution in [3.05, 3.63) is 12.0 Å². The summed E-state index contributed by atoms with van der Waals surface area (Å²) >= 11 is 0. The molecule has 0 amide bonds. The van der Waals surface area contributed by atoms with Gasteiger partial charge in [0.1, 0.15) is 11.6 Å². The van der Waals surface area contributed by atoms with E-state index in [1.54, 1.807) is 13.8 Å². The molecule has 3 aliphatic carbocycles. The molecule has 8 unspecified atom stereocenters. The summed E-state index contributed by atoms with van der Waals surface area (Å²) < 4.78 is 11.5. The Morgan fingerprint density at radius 1 is 1.15 bits per heavy atom. The average Bonchev–Trinajstić information content (AvgIpc) is 3.37. The Balaban J connectivity index is 1.83. The fourth-order valence-electron chi connectivity index (χ4n) is 6.91. The predicted molar refractivity (Wildman–Crippen MR) is 129 cm³/mol. The van der Waals surface area contributed by atoms with Crippen molar-refractivity contribution in [3.63, 3.8) is 0 Å². The molecule has 3 fully saturated rings. The lowest BCUT2D eigenvalue weighted by Gasteiger charge is -2.41. The Bertz CT molecular complexity index is 886. The van der Waals surface area contributed by atoms with E-state index in [1.165, 1.54) is 6.08 Å². The molecule has 0 saturated heterocycles. The van der Waals surface area contributed by atoms with Gasteiger partial charge < -0.3 is 14.3 Å². The molecule has 0 aromatic rings. The van der Waals surface area contributed by atoms with E-state index in [1.807, 2.05) is 26.6 Å². The zero-order valence-electron chi connectivity index (χ0n) is 21.6. The van der Waals surface area contributed by atoms with E-state index in [0.717, 1.165) is 6.42 Å². The second kappa shape index (κ2) is 9.59. The summed E-state index contributed by atoms with van der Waals surface area (Å²) in [5.74, 6) is -2.39. The summed E-state index contributed by atoms with van der Waals surface area (Å²) in [7, 11) is -1.94. The molecule has 0 aromatic carbocycles. The van der Waals surface area contributed by atoms with Crippen molar-refractivity contribution in [1.29, 1.82) is 0 Å². The lowest BCUT2D eigenvalue weighted by molar-refractivity contribution is -0.157. The lowest BCUT2D eigenvalue weighted by atomic mass is 9.60. The molecular weight excluding hydrogens is 452 g/mol. The topological polar surface area (TPSA) is 107 Å². The van der Waals surface area contributed by atoms with E-state index in [0.29, 0.717) is 19.4 Å². The number of ether oxygens (including phenoxy) is 1. The smallest absolute Gasteiger partial charge is 0.310 e. The first-order valence-corrected chi connectivity index (χ1v) is 16.0. The third-order valence-electron chi connectivity index (χ3n) is 8.54. The molecule has 34 heavy (non-hydrogen) atoms. The van der Waals surface area contributed by atoms with Crippen molar-refractivity contribution in [1.82, 2.24) is 0 Å². The highest BCUT2D eigenvalue weighted by molar-refractivity contribution is 6.70. The Morgan fingerprint density at radius 3 is 2.29 bits per heavy atom. The first-order valence-electron chi connectivity index (χ1n) is 12.6. The van der Waals surface area contributed by atoms with Crippen LogP contribution >= 0.6 is 0 Å². The summed E-state index contributed by atoms with van der Waals surface area (Å²) in [6.07, 6.45) is 3.11. The van der Waals surface area contributed by atoms with Crippen LogP contribution in [0, 0.1) is 46.8 Å². The zero-order chi connectivity index (χ0) is 25.6. The molecule has 3 saturated carbocycles. The van der Waals surface area contributed by atoms with Crippen molar-refractivity contribution in [2.45, 2.75) is 73.0 Å². The number of rotatable bonds is 10. The van der Waals surface area contributed by atoms with Crippen LogP contribution in [0.2, 0.25) is 19.6 Å². The van der Waals surface area contributed by atoms with Gasteiger partial charge in [-0.25, -0.2) is 0 Å². The van der Waals surface area contributed by atoms with Gasteiger partial charge in [-0.2, -0.15) is 0 Å². The molecule has 1 N–H and O–H groups in total. The molecule has 190 valence electrons. The van der Waals surface area contributed by atoms with Crippen LogP contribution in [0.15, 0.2) is 12.0 Å². The van der Waals surface area contributed by atoms with Gasteiger partial charge in [0.2, 0.25) is 8.32 Å². The number of ketones is 3. The van der Waals surface area contributed by atoms with Crippen molar-refractivity contribution >= 4 is 31.6 Å². The van der Waals surface area contributed by atoms with Crippen LogP contribution in [0.25, 0.3) is 0 Å². The number of carbonyl (C=O) groups is 4. The number of allylic oxidation sites excluding steroid dienone is 1. The normalized spacial score (nSPS) is 35.4. The van der Waals surface area contributed by atoms with Crippen LogP contribution in [0.4, 0.5) is 0 Å². The number of carboxylic acid groups (broad SMARTS) is 1. The van der Waals surface area contributed by atoms with E-state index < -0.39 is 31.5 Å². The van der Waals surface area contributed by atoms with Crippen LogP contribution in [-0.2, 0) is 28.3 Å². The molecule has 3 aliphatic rings. The molecule has 0 radical (unpaired) electrons. The van der Waals surface area contributed by atoms with Gasteiger partial charge >= 0.3 is 5.97 Å². The van der Waals surface area contributed by atoms with Gasteiger partial charge in [0.15, 0.2) is 5.78 Å². The van der Waals surface area contributed by atoms with E-state index in [4.69, 9.17) is 9.16 Å².